The number of Topliss-reactive ketones (excluding diaryl/α,β-unsaturated/α-hetero) is 1. The second-order valence-corrected chi connectivity index (χ2v) is 5.25. The SMILES string of the molecule is CC1(C)C2CC[C@]1(C)C(C=O)C2=O. The van der Waals surface area contributed by atoms with Gasteiger partial charge in [-0.15, -0.1) is 0 Å². The summed E-state index contributed by atoms with van der Waals surface area (Å²) in [5, 5.41) is 0. The maximum atomic E-state index is 11.8. The van der Waals surface area contributed by atoms with Crippen molar-refractivity contribution in [3.05, 3.63) is 0 Å². The van der Waals surface area contributed by atoms with Gasteiger partial charge in [-0.05, 0) is 23.7 Å². The van der Waals surface area contributed by atoms with E-state index in [9.17, 15) is 9.59 Å². The van der Waals surface area contributed by atoms with E-state index in [4.69, 9.17) is 0 Å². The molecule has 0 aromatic carbocycles. The molecule has 0 saturated heterocycles. The fourth-order valence-electron chi connectivity index (χ4n) is 3.33. The summed E-state index contributed by atoms with van der Waals surface area (Å²) in [6, 6.07) is 0. The Morgan fingerprint density at radius 2 is 2.00 bits per heavy atom. The van der Waals surface area contributed by atoms with Crippen molar-refractivity contribution in [3.63, 3.8) is 0 Å². The molecular weight excluding hydrogens is 164 g/mol. The van der Waals surface area contributed by atoms with Gasteiger partial charge < -0.3 is 4.79 Å². The lowest BCUT2D eigenvalue weighted by Crippen LogP contribution is -2.34. The molecule has 2 fully saturated rings. The first-order valence-corrected chi connectivity index (χ1v) is 4.94. The monoisotopic (exact) mass is 180 g/mol. The van der Waals surface area contributed by atoms with Gasteiger partial charge in [0.1, 0.15) is 12.1 Å². The van der Waals surface area contributed by atoms with E-state index in [0.717, 1.165) is 19.1 Å². The molecule has 0 radical (unpaired) electrons. The summed E-state index contributed by atoms with van der Waals surface area (Å²) < 4.78 is 0. The van der Waals surface area contributed by atoms with Gasteiger partial charge in [0.25, 0.3) is 0 Å². The van der Waals surface area contributed by atoms with Crippen LogP contribution in [0.15, 0.2) is 0 Å². The quantitative estimate of drug-likeness (QED) is 0.455. The smallest absolute Gasteiger partial charge is 0.147 e. The van der Waals surface area contributed by atoms with E-state index in [1.54, 1.807) is 0 Å². The Labute approximate surface area is 78.7 Å². The number of carbonyl (C=O) groups is 2. The Balaban J connectivity index is 2.51. The summed E-state index contributed by atoms with van der Waals surface area (Å²) in [5.74, 6) is -0.0114. The standard InChI is InChI=1S/C11H16O2/c1-10(2)7-4-5-11(10,3)8(6-12)9(7)13/h6-8H,4-5H2,1-3H3/t7?,8?,11-/m1/s1. The third-order valence-electron chi connectivity index (χ3n) is 4.77. The van der Waals surface area contributed by atoms with Gasteiger partial charge in [0.15, 0.2) is 0 Å². The zero-order valence-electron chi connectivity index (χ0n) is 8.46. The van der Waals surface area contributed by atoms with Gasteiger partial charge in [-0.25, -0.2) is 0 Å². The molecule has 2 bridgehead atoms. The van der Waals surface area contributed by atoms with Crippen LogP contribution in [0.3, 0.4) is 0 Å². The molecule has 2 unspecified atom stereocenters. The zero-order chi connectivity index (χ0) is 9.85. The molecule has 0 spiro atoms. The minimum atomic E-state index is -0.332. The Morgan fingerprint density at radius 3 is 2.31 bits per heavy atom. The minimum Gasteiger partial charge on any atom is -0.303 e. The molecule has 2 rings (SSSR count). The molecule has 2 saturated carbocycles. The van der Waals surface area contributed by atoms with Gasteiger partial charge in [-0.1, -0.05) is 20.8 Å². The molecule has 13 heavy (non-hydrogen) atoms. The first kappa shape index (κ1) is 8.92. The fourth-order valence-corrected chi connectivity index (χ4v) is 3.33. The van der Waals surface area contributed by atoms with Crippen LogP contribution in [-0.4, -0.2) is 12.1 Å². The minimum absolute atomic E-state index is 0.0235. The summed E-state index contributed by atoms with van der Waals surface area (Å²) in [7, 11) is 0. The van der Waals surface area contributed by atoms with E-state index in [1.165, 1.54) is 0 Å². The first-order valence-electron chi connectivity index (χ1n) is 4.94. The van der Waals surface area contributed by atoms with Crippen molar-refractivity contribution in [2.24, 2.45) is 22.7 Å². The Hall–Kier alpha value is -0.660. The van der Waals surface area contributed by atoms with Gasteiger partial charge in [0, 0.05) is 5.92 Å². The predicted octanol–water partition coefficient (Wildman–Crippen LogP) is 1.83. The number of hydrogen-bond acceptors (Lipinski definition) is 2. The lowest BCUT2D eigenvalue weighted by Gasteiger charge is -2.35. The second-order valence-electron chi connectivity index (χ2n) is 5.25. The summed E-state index contributed by atoms with van der Waals surface area (Å²) >= 11 is 0. The number of ketones is 1. The van der Waals surface area contributed by atoms with Crippen LogP contribution in [0.4, 0.5) is 0 Å². The molecule has 2 nitrogen and oxygen atoms in total. The Kier molecular flexibility index (Phi) is 1.53. The van der Waals surface area contributed by atoms with Crippen molar-refractivity contribution in [1.82, 2.24) is 0 Å². The fraction of sp³-hybridized carbons (Fsp3) is 0.818. The van der Waals surface area contributed by atoms with Crippen LogP contribution < -0.4 is 0 Å². The topological polar surface area (TPSA) is 34.1 Å². The first-order chi connectivity index (χ1) is 5.95. The van der Waals surface area contributed by atoms with Gasteiger partial charge >= 0.3 is 0 Å². The van der Waals surface area contributed by atoms with Gasteiger partial charge in [0.05, 0.1) is 5.92 Å². The highest BCUT2D eigenvalue weighted by molar-refractivity contribution is 5.99. The predicted molar refractivity (Wildman–Crippen MR) is 49.2 cm³/mol. The Bertz CT molecular complexity index is 280. The van der Waals surface area contributed by atoms with Crippen LogP contribution in [0, 0.1) is 22.7 Å². The summed E-state index contributed by atoms with van der Waals surface area (Å²) in [4.78, 5) is 22.7. The highest BCUT2D eigenvalue weighted by atomic mass is 16.1. The highest BCUT2D eigenvalue weighted by Crippen LogP contribution is 2.65. The summed E-state index contributed by atoms with van der Waals surface area (Å²) in [6.45, 7) is 6.36. The van der Waals surface area contributed by atoms with E-state index >= 15 is 0 Å². The van der Waals surface area contributed by atoms with Crippen molar-refractivity contribution in [2.45, 2.75) is 33.6 Å². The van der Waals surface area contributed by atoms with Crippen LogP contribution in [0.2, 0.25) is 0 Å². The molecule has 2 heteroatoms. The van der Waals surface area contributed by atoms with Crippen LogP contribution in [0.1, 0.15) is 33.6 Å². The molecular formula is C11H16O2. The molecule has 72 valence electrons. The van der Waals surface area contributed by atoms with Crippen LogP contribution in [0.25, 0.3) is 0 Å². The summed E-state index contributed by atoms with van der Waals surface area (Å²) in [5.41, 5.74) is -0.0494. The molecule has 3 atom stereocenters. The van der Waals surface area contributed by atoms with Crippen molar-refractivity contribution >= 4 is 12.1 Å². The lowest BCUT2D eigenvalue weighted by molar-refractivity contribution is -0.131. The number of carbonyl (C=O) groups excluding carboxylic acids is 2. The summed E-state index contributed by atoms with van der Waals surface area (Å²) in [6.07, 6.45) is 2.87. The van der Waals surface area contributed by atoms with Crippen molar-refractivity contribution in [1.29, 1.82) is 0 Å². The van der Waals surface area contributed by atoms with E-state index < -0.39 is 0 Å². The number of rotatable bonds is 1. The lowest BCUT2D eigenvalue weighted by atomic mass is 9.67. The molecule has 0 heterocycles. The largest absolute Gasteiger partial charge is 0.303 e. The molecule has 0 aliphatic heterocycles. The van der Waals surface area contributed by atoms with Crippen molar-refractivity contribution < 1.29 is 9.59 Å². The van der Waals surface area contributed by atoms with E-state index in [1.807, 2.05) is 0 Å². The van der Waals surface area contributed by atoms with Crippen LogP contribution >= 0.6 is 0 Å². The molecule has 2 aliphatic rings. The normalized spacial score (nSPS) is 46.8. The number of hydrogen-bond donors (Lipinski definition) is 0. The average molecular weight is 180 g/mol. The maximum absolute atomic E-state index is 11.8. The van der Waals surface area contributed by atoms with Crippen molar-refractivity contribution in [2.75, 3.05) is 0 Å². The van der Waals surface area contributed by atoms with Gasteiger partial charge in [0.2, 0.25) is 0 Å². The molecule has 0 N–H and O–H groups in total. The molecule has 2 aliphatic carbocycles. The van der Waals surface area contributed by atoms with Gasteiger partial charge in [-0.3, -0.25) is 4.79 Å². The molecule has 0 aromatic heterocycles. The number of fused-ring (bicyclic) bond motifs is 2. The molecule has 0 amide bonds. The van der Waals surface area contributed by atoms with Crippen LogP contribution in [0.5, 0.6) is 0 Å². The van der Waals surface area contributed by atoms with Crippen LogP contribution in [-0.2, 0) is 9.59 Å². The van der Waals surface area contributed by atoms with E-state index in [-0.39, 0.29) is 28.4 Å². The van der Waals surface area contributed by atoms with Crippen molar-refractivity contribution in [3.8, 4) is 0 Å². The van der Waals surface area contributed by atoms with E-state index in [0.29, 0.717) is 0 Å². The third-order valence-corrected chi connectivity index (χ3v) is 4.77. The Morgan fingerprint density at radius 1 is 1.38 bits per heavy atom. The zero-order valence-corrected chi connectivity index (χ0v) is 8.46. The maximum Gasteiger partial charge on any atom is 0.147 e. The third kappa shape index (κ3) is 0.749. The number of aldehydes is 1. The molecule has 0 aromatic rings. The average Bonchev–Trinajstić information content (AvgIpc) is 2.32. The second kappa shape index (κ2) is 2.23. The van der Waals surface area contributed by atoms with Gasteiger partial charge in [-0.2, -0.15) is 0 Å². The van der Waals surface area contributed by atoms with E-state index in [2.05, 4.69) is 20.8 Å². The highest BCUT2D eigenvalue weighted by Gasteiger charge is 2.66.